The Bertz CT molecular complexity index is 804. The number of aryl methyl sites for hydroxylation is 1. The number of hydrogen-bond acceptors (Lipinski definition) is 5. The Balaban J connectivity index is 1.72. The van der Waals surface area contributed by atoms with Gasteiger partial charge in [0.2, 0.25) is 0 Å². The lowest BCUT2D eigenvalue weighted by Crippen LogP contribution is -2.27. The second-order valence-electron chi connectivity index (χ2n) is 5.25. The van der Waals surface area contributed by atoms with E-state index in [1.165, 1.54) is 0 Å². The summed E-state index contributed by atoms with van der Waals surface area (Å²) in [7, 11) is 0. The maximum atomic E-state index is 12.3. The van der Waals surface area contributed by atoms with Crippen LogP contribution in [0.3, 0.4) is 0 Å². The molecular formula is C16H18N4O2S. The average Bonchev–Trinajstić information content (AvgIpc) is 3.27. The normalized spacial score (nSPS) is 12.3. The molecule has 0 aliphatic rings. The smallest absolute Gasteiger partial charge is 0.273 e. The highest BCUT2D eigenvalue weighted by Crippen LogP contribution is 2.25. The summed E-state index contributed by atoms with van der Waals surface area (Å²) in [5.74, 6) is 0.348. The van der Waals surface area contributed by atoms with Gasteiger partial charge in [-0.3, -0.25) is 9.48 Å². The minimum atomic E-state index is -0.257. The molecule has 0 aromatic carbocycles. The van der Waals surface area contributed by atoms with Crippen LogP contribution in [0.15, 0.2) is 34.3 Å². The minimum absolute atomic E-state index is 0.148. The van der Waals surface area contributed by atoms with Crippen LogP contribution >= 0.6 is 11.3 Å². The van der Waals surface area contributed by atoms with Crippen molar-refractivity contribution in [2.75, 3.05) is 0 Å². The van der Waals surface area contributed by atoms with Crippen LogP contribution < -0.4 is 5.32 Å². The lowest BCUT2D eigenvalue weighted by molar-refractivity contribution is 0.0930. The third-order valence-corrected chi connectivity index (χ3v) is 4.65. The van der Waals surface area contributed by atoms with Crippen LogP contribution in [-0.4, -0.2) is 20.8 Å². The second kappa shape index (κ2) is 6.37. The van der Waals surface area contributed by atoms with Gasteiger partial charge in [0.05, 0.1) is 17.1 Å². The minimum Gasteiger partial charge on any atom is -0.355 e. The first kappa shape index (κ1) is 15.5. The lowest BCUT2D eigenvalue weighted by Gasteiger charge is -2.12. The van der Waals surface area contributed by atoms with Gasteiger partial charge in [0.1, 0.15) is 0 Å². The molecule has 0 saturated heterocycles. The fourth-order valence-corrected chi connectivity index (χ4v) is 3.14. The monoisotopic (exact) mass is 330 g/mol. The fraction of sp³-hybridized carbons (Fsp3) is 0.312. The van der Waals surface area contributed by atoms with Crippen LogP contribution in [0.4, 0.5) is 0 Å². The van der Waals surface area contributed by atoms with Gasteiger partial charge in [0.25, 0.3) is 5.91 Å². The Morgan fingerprint density at radius 3 is 3.00 bits per heavy atom. The molecule has 0 radical (unpaired) electrons. The Hall–Kier alpha value is -2.41. The standard InChI is InChI=1S/C16H18N4O2S/c1-4-20-11(3)12(9-17-20)10(2)18-16(21)13-8-14(22-19-13)15-6-5-7-23-15/h5-10H,4H2,1-3H3,(H,18,21). The van der Waals surface area contributed by atoms with Gasteiger partial charge in [-0.15, -0.1) is 11.3 Å². The van der Waals surface area contributed by atoms with Crippen molar-refractivity contribution >= 4 is 17.2 Å². The second-order valence-corrected chi connectivity index (χ2v) is 6.20. The molecule has 120 valence electrons. The van der Waals surface area contributed by atoms with Crippen LogP contribution in [0.1, 0.15) is 41.6 Å². The number of amides is 1. The zero-order chi connectivity index (χ0) is 16.4. The molecule has 1 unspecified atom stereocenters. The number of carbonyl (C=O) groups excluding carboxylic acids is 1. The van der Waals surface area contributed by atoms with E-state index in [2.05, 4.69) is 15.6 Å². The molecule has 23 heavy (non-hydrogen) atoms. The van der Waals surface area contributed by atoms with Gasteiger partial charge in [-0.2, -0.15) is 5.10 Å². The Labute approximate surface area is 138 Å². The number of aromatic nitrogens is 3. The summed E-state index contributed by atoms with van der Waals surface area (Å²) in [6, 6.07) is 5.37. The van der Waals surface area contributed by atoms with E-state index >= 15 is 0 Å². The van der Waals surface area contributed by atoms with E-state index in [1.54, 1.807) is 23.6 Å². The number of nitrogens with zero attached hydrogens (tertiary/aromatic N) is 3. The van der Waals surface area contributed by atoms with Crippen molar-refractivity contribution < 1.29 is 9.32 Å². The van der Waals surface area contributed by atoms with Gasteiger partial charge in [-0.1, -0.05) is 11.2 Å². The highest BCUT2D eigenvalue weighted by molar-refractivity contribution is 7.13. The van der Waals surface area contributed by atoms with Crippen molar-refractivity contribution in [3.05, 3.63) is 46.7 Å². The molecule has 0 spiro atoms. The summed E-state index contributed by atoms with van der Waals surface area (Å²) in [5.41, 5.74) is 2.34. The summed E-state index contributed by atoms with van der Waals surface area (Å²) in [5, 5.41) is 13.1. The summed E-state index contributed by atoms with van der Waals surface area (Å²) in [6.07, 6.45) is 1.80. The molecular weight excluding hydrogens is 312 g/mol. The third-order valence-electron chi connectivity index (χ3n) is 3.76. The molecule has 1 N–H and O–H groups in total. The number of carbonyl (C=O) groups is 1. The van der Waals surface area contributed by atoms with Gasteiger partial charge in [-0.05, 0) is 32.2 Å². The van der Waals surface area contributed by atoms with Gasteiger partial charge >= 0.3 is 0 Å². The largest absolute Gasteiger partial charge is 0.355 e. The Kier molecular flexibility index (Phi) is 4.29. The molecule has 0 bridgehead atoms. The average molecular weight is 330 g/mol. The van der Waals surface area contributed by atoms with E-state index in [-0.39, 0.29) is 17.6 Å². The van der Waals surface area contributed by atoms with Crippen molar-refractivity contribution in [2.45, 2.75) is 33.4 Å². The molecule has 0 aliphatic heterocycles. The molecule has 6 nitrogen and oxygen atoms in total. The van der Waals surface area contributed by atoms with E-state index in [1.807, 2.05) is 43.0 Å². The quantitative estimate of drug-likeness (QED) is 0.778. The van der Waals surface area contributed by atoms with E-state index < -0.39 is 0 Å². The van der Waals surface area contributed by atoms with Crippen LogP contribution in [-0.2, 0) is 6.54 Å². The van der Waals surface area contributed by atoms with E-state index in [0.29, 0.717) is 5.76 Å². The molecule has 0 aliphatic carbocycles. The van der Waals surface area contributed by atoms with E-state index in [9.17, 15) is 4.79 Å². The van der Waals surface area contributed by atoms with Crippen LogP contribution in [0.25, 0.3) is 10.6 Å². The predicted molar refractivity (Wildman–Crippen MR) is 88.3 cm³/mol. The van der Waals surface area contributed by atoms with Crippen molar-refractivity contribution in [3.63, 3.8) is 0 Å². The van der Waals surface area contributed by atoms with Crippen LogP contribution in [0, 0.1) is 6.92 Å². The third kappa shape index (κ3) is 3.05. The molecule has 3 aromatic rings. The first-order valence-electron chi connectivity index (χ1n) is 7.44. The lowest BCUT2D eigenvalue weighted by atomic mass is 10.1. The Morgan fingerprint density at radius 1 is 1.52 bits per heavy atom. The molecule has 0 saturated carbocycles. The van der Waals surface area contributed by atoms with Gasteiger partial charge in [0.15, 0.2) is 11.5 Å². The summed E-state index contributed by atoms with van der Waals surface area (Å²) < 4.78 is 7.15. The number of rotatable bonds is 5. The van der Waals surface area contributed by atoms with Crippen molar-refractivity contribution in [2.24, 2.45) is 0 Å². The Morgan fingerprint density at radius 2 is 2.35 bits per heavy atom. The predicted octanol–water partition coefficient (Wildman–Crippen LogP) is 3.42. The van der Waals surface area contributed by atoms with Gasteiger partial charge in [-0.25, -0.2) is 0 Å². The van der Waals surface area contributed by atoms with Crippen molar-refractivity contribution in [1.82, 2.24) is 20.3 Å². The summed E-state index contributed by atoms with van der Waals surface area (Å²) >= 11 is 1.54. The van der Waals surface area contributed by atoms with E-state index in [4.69, 9.17) is 4.52 Å². The molecule has 7 heteroatoms. The fourth-order valence-electron chi connectivity index (χ4n) is 2.47. The van der Waals surface area contributed by atoms with Gasteiger partial charge < -0.3 is 9.84 Å². The molecule has 0 fully saturated rings. The summed E-state index contributed by atoms with van der Waals surface area (Å²) in [6.45, 7) is 6.77. The molecule has 1 amide bonds. The number of nitrogens with one attached hydrogen (secondary N) is 1. The molecule has 3 aromatic heterocycles. The first-order valence-corrected chi connectivity index (χ1v) is 8.32. The van der Waals surface area contributed by atoms with Crippen LogP contribution in [0.2, 0.25) is 0 Å². The summed E-state index contributed by atoms with van der Waals surface area (Å²) in [4.78, 5) is 13.3. The molecule has 1 atom stereocenters. The molecule has 3 rings (SSSR count). The van der Waals surface area contributed by atoms with Crippen molar-refractivity contribution in [1.29, 1.82) is 0 Å². The molecule has 3 heterocycles. The number of hydrogen-bond donors (Lipinski definition) is 1. The van der Waals surface area contributed by atoms with Crippen molar-refractivity contribution in [3.8, 4) is 10.6 Å². The SMILES string of the molecule is CCn1ncc(C(C)NC(=O)c2cc(-c3cccs3)on2)c1C. The topological polar surface area (TPSA) is 73.0 Å². The maximum absolute atomic E-state index is 12.3. The number of thiophene rings is 1. The highest BCUT2D eigenvalue weighted by atomic mass is 32.1. The zero-order valence-corrected chi connectivity index (χ0v) is 14.1. The maximum Gasteiger partial charge on any atom is 0.273 e. The van der Waals surface area contributed by atoms with Crippen LogP contribution in [0.5, 0.6) is 0 Å². The first-order chi connectivity index (χ1) is 11.1. The zero-order valence-electron chi connectivity index (χ0n) is 13.2. The van der Waals surface area contributed by atoms with E-state index in [0.717, 1.165) is 22.7 Å². The highest BCUT2D eigenvalue weighted by Gasteiger charge is 2.19. The van der Waals surface area contributed by atoms with Gasteiger partial charge in [0, 0.05) is 23.9 Å².